The maximum atomic E-state index is 11.2. The van der Waals surface area contributed by atoms with E-state index in [-0.39, 0.29) is 45.6 Å². The number of phenolic OH excluding ortho intramolecular Hbond substituents is 4. The highest BCUT2D eigenvalue weighted by Crippen LogP contribution is 2.35. The highest BCUT2D eigenvalue weighted by Gasteiger charge is 2.19. The van der Waals surface area contributed by atoms with Crippen LogP contribution in [0.25, 0.3) is 21.5 Å². The molecule has 370 valence electrons. The molecule has 0 fully saturated rings. The number of rotatable bonds is 27. The normalized spacial score (nSPS) is 11.1. The SMILES string of the molecule is CCCc1c(OCCCCCCCCCc2ccc3cc(O)c(O)cc3c2)ccc(C(=O)O)c1O.CCCc1c(OCCCCCCCCc2ccc3cc(O)c(O)cc3c2)ccc(C(=O)O)c1O. The molecular weight excluding hydrogens is 877 g/mol. The maximum absolute atomic E-state index is 11.2. The number of ether oxygens (including phenoxy) is 2. The fourth-order valence-electron chi connectivity index (χ4n) is 8.61. The van der Waals surface area contributed by atoms with Crippen LogP contribution in [0.15, 0.2) is 84.9 Å². The molecule has 0 unspecified atom stereocenters. The summed E-state index contributed by atoms with van der Waals surface area (Å²) in [6, 6.07) is 24.7. The van der Waals surface area contributed by atoms with E-state index in [2.05, 4.69) is 24.3 Å². The summed E-state index contributed by atoms with van der Waals surface area (Å²) in [6.45, 7) is 5.06. The van der Waals surface area contributed by atoms with Gasteiger partial charge in [0.1, 0.15) is 34.1 Å². The number of phenols is 6. The molecule has 0 atom stereocenters. The Morgan fingerprint density at radius 2 is 0.725 bits per heavy atom. The van der Waals surface area contributed by atoms with E-state index in [1.54, 1.807) is 36.4 Å². The molecule has 12 nitrogen and oxygen atoms in total. The molecule has 6 aromatic rings. The first-order valence-electron chi connectivity index (χ1n) is 24.6. The molecule has 0 bridgehead atoms. The predicted octanol–water partition coefficient (Wildman–Crippen LogP) is 13.5. The highest BCUT2D eigenvalue weighted by atomic mass is 16.5. The van der Waals surface area contributed by atoms with Crippen molar-refractivity contribution in [2.45, 2.75) is 136 Å². The summed E-state index contributed by atoms with van der Waals surface area (Å²) < 4.78 is 11.7. The number of aryl methyl sites for hydroxylation is 2. The van der Waals surface area contributed by atoms with Gasteiger partial charge in [0.15, 0.2) is 23.0 Å². The molecule has 8 N–H and O–H groups in total. The second-order valence-electron chi connectivity index (χ2n) is 17.8. The van der Waals surface area contributed by atoms with Gasteiger partial charge in [-0.15, -0.1) is 0 Å². The van der Waals surface area contributed by atoms with Crippen LogP contribution >= 0.6 is 0 Å². The Morgan fingerprint density at radius 3 is 1.07 bits per heavy atom. The molecule has 6 aromatic carbocycles. The zero-order chi connectivity index (χ0) is 49.7. The van der Waals surface area contributed by atoms with E-state index in [0.717, 1.165) is 111 Å². The summed E-state index contributed by atoms with van der Waals surface area (Å²) in [5, 5.41) is 81.3. The van der Waals surface area contributed by atoms with E-state index >= 15 is 0 Å². The Labute approximate surface area is 405 Å². The number of unbranched alkanes of at least 4 members (excludes halogenated alkanes) is 11. The third-order valence-electron chi connectivity index (χ3n) is 12.4. The average Bonchev–Trinajstić information content (AvgIpc) is 3.32. The third kappa shape index (κ3) is 15.9. The average molecular weight is 947 g/mol. The second kappa shape index (κ2) is 27.2. The number of aromatic hydroxyl groups is 6. The molecule has 0 heterocycles. The number of carboxylic acid groups (broad SMARTS) is 2. The molecule has 69 heavy (non-hydrogen) atoms. The lowest BCUT2D eigenvalue weighted by molar-refractivity contribution is 0.0682. The van der Waals surface area contributed by atoms with Gasteiger partial charge < -0.3 is 50.3 Å². The van der Waals surface area contributed by atoms with Crippen molar-refractivity contribution in [1.82, 2.24) is 0 Å². The quantitative estimate of drug-likeness (QED) is 0.0179. The van der Waals surface area contributed by atoms with Crippen LogP contribution in [0.2, 0.25) is 0 Å². The Kier molecular flexibility index (Phi) is 21.0. The van der Waals surface area contributed by atoms with Crippen LogP contribution in [0.5, 0.6) is 46.0 Å². The van der Waals surface area contributed by atoms with Crippen LogP contribution in [0.1, 0.15) is 153 Å². The predicted molar refractivity (Wildman–Crippen MR) is 271 cm³/mol. The second-order valence-corrected chi connectivity index (χ2v) is 17.8. The zero-order valence-corrected chi connectivity index (χ0v) is 40.1. The molecular formula is C57H70O12. The van der Waals surface area contributed by atoms with E-state index < -0.39 is 11.9 Å². The Hall–Kier alpha value is -6.82. The first-order chi connectivity index (χ1) is 33.3. The summed E-state index contributed by atoms with van der Waals surface area (Å²) >= 11 is 0. The molecule has 0 aliphatic heterocycles. The van der Waals surface area contributed by atoms with Crippen molar-refractivity contribution in [2.24, 2.45) is 0 Å². The molecule has 6 rings (SSSR count). The monoisotopic (exact) mass is 946 g/mol. The summed E-state index contributed by atoms with van der Waals surface area (Å²) in [6.07, 6.45) is 19.0. The van der Waals surface area contributed by atoms with E-state index in [1.807, 2.05) is 26.0 Å². The largest absolute Gasteiger partial charge is 0.507 e. The molecule has 0 aliphatic rings. The minimum Gasteiger partial charge on any atom is -0.507 e. The summed E-state index contributed by atoms with van der Waals surface area (Å²) in [5.41, 5.74) is 3.45. The fraction of sp³-hybridized carbons (Fsp3) is 0.404. The van der Waals surface area contributed by atoms with Crippen molar-refractivity contribution in [3.8, 4) is 46.0 Å². The first kappa shape index (κ1) is 53.1. The number of fused-ring (bicyclic) bond motifs is 2. The van der Waals surface area contributed by atoms with Gasteiger partial charge in [0.05, 0.1) is 13.2 Å². The van der Waals surface area contributed by atoms with Gasteiger partial charge in [-0.2, -0.15) is 0 Å². The van der Waals surface area contributed by atoms with Gasteiger partial charge in [0.25, 0.3) is 0 Å². The van der Waals surface area contributed by atoms with Crippen LogP contribution in [0.4, 0.5) is 0 Å². The number of benzene rings is 6. The van der Waals surface area contributed by atoms with Crippen molar-refractivity contribution in [3.05, 3.63) is 118 Å². The van der Waals surface area contributed by atoms with E-state index in [0.29, 0.717) is 48.7 Å². The van der Waals surface area contributed by atoms with Gasteiger partial charge in [-0.25, -0.2) is 9.59 Å². The molecule has 0 saturated carbocycles. The smallest absolute Gasteiger partial charge is 0.339 e. The lowest BCUT2D eigenvalue weighted by atomic mass is 10.0. The lowest BCUT2D eigenvalue weighted by Crippen LogP contribution is -2.04. The Morgan fingerprint density at radius 1 is 0.391 bits per heavy atom. The lowest BCUT2D eigenvalue weighted by Gasteiger charge is -2.14. The van der Waals surface area contributed by atoms with Crippen molar-refractivity contribution in [2.75, 3.05) is 13.2 Å². The molecule has 0 radical (unpaired) electrons. The first-order valence-corrected chi connectivity index (χ1v) is 24.6. The molecule has 0 spiro atoms. The summed E-state index contributed by atoms with van der Waals surface area (Å²) in [5.74, 6) is -1.86. The van der Waals surface area contributed by atoms with E-state index in [1.165, 1.54) is 42.5 Å². The van der Waals surface area contributed by atoms with Crippen LogP contribution in [-0.2, 0) is 25.7 Å². The number of hydrogen-bond donors (Lipinski definition) is 8. The van der Waals surface area contributed by atoms with Crippen molar-refractivity contribution < 1.29 is 59.9 Å². The molecule has 0 aliphatic carbocycles. The van der Waals surface area contributed by atoms with Gasteiger partial charge >= 0.3 is 11.9 Å². The molecule has 0 saturated heterocycles. The Balaban J connectivity index is 0.000000258. The highest BCUT2D eigenvalue weighted by molar-refractivity contribution is 5.92. The van der Waals surface area contributed by atoms with Gasteiger partial charge in [0, 0.05) is 11.1 Å². The number of carbonyl (C=O) groups is 2. The molecule has 12 heteroatoms. The van der Waals surface area contributed by atoms with E-state index in [4.69, 9.17) is 9.47 Å². The fourth-order valence-corrected chi connectivity index (χ4v) is 8.61. The zero-order valence-electron chi connectivity index (χ0n) is 40.1. The van der Waals surface area contributed by atoms with Crippen molar-refractivity contribution in [1.29, 1.82) is 0 Å². The summed E-state index contributed by atoms with van der Waals surface area (Å²) in [4.78, 5) is 22.5. The van der Waals surface area contributed by atoms with Gasteiger partial charge in [-0.05, 0) is 133 Å². The summed E-state index contributed by atoms with van der Waals surface area (Å²) in [7, 11) is 0. The third-order valence-corrected chi connectivity index (χ3v) is 12.4. The maximum Gasteiger partial charge on any atom is 0.339 e. The van der Waals surface area contributed by atoms with Gasteiger partial charge in [0.2, 0.25) is 0 Å². The van der Waals surface area contributed by atoms with Crippen LogP contribution in [0.3, 0.4) is 0 Å². The Bertz CT molecular complexity index is 2620. The van der Waals surface area contributed by atoms with Crippen LogP contribution in [0, 0.1) is 0 Å². The number of hydrogen-bond acceptors (Lipinski definition) is 10. The van der Waals surface area contributed by atoms with Gasteiger partial charge in [-0.1, -0.05) is 121 Å². The van der Waals surface area contributed by atoms with Crippen LogP contribution < -0.4 is 9.47 Å². The van der Waals surface area contributed by atoms with E-state index in [9.17, 15) is 50.4 Å². The van der Waals surface area contributed by atoms with Crippen molar-refractivity contribution in [3.63, 3.8) is 0 Å². The number of carboxylic acids is 2. The van der Waals surface area contributed by atoms with Crippen molar-refractivity contribution >= 4 is 33.5 Å². The minimum absolute atomic E-state index is 0.0824. The minimum atomic E-state index is -1.14. The standard InChI is InChI=1S/C29H36O6.C28H34O6/c1-2-10-23-27(15-14-24(28(23)32)29(33)34)35-16-9-7-5-3-4-6-8-11-20-12-13-21-18-25(30)26(31)19-22(21)17-20;1-2-9-22-26(14-13-23(27(22)31)28(32)33)34-15-8-6-4-3-5-7-10-19-11-12-20-17-24(29)25(30)18-21(20)16-19/h12-15,17-19,30-32H,2-11,16H2,1H3,(H,33,34);11-14,16-18,29-31H,2-10,15H2,1H3,(H,32,33). The van der Waals surface area contributed by atoms with Crippen LogP contribution in [-0.4, -0.2) is 66.0 Å². The molecule has 0 amide bonds. The van der Waals surface area contributed by atoms with Gasteiger partial charge in [-0.3, -0.25) is 0 Å². The molecule has 0 aromatic heterocycles. The number of aromatic carboxylic acids is 2. The topological polar surface area (TPSA) is 214 Å².